The number of nitrogens with one attached hydrogen (secondary N) is 1. The lowest BCUT2D eigenvalue weighted by Crippen LogP contribution is -2.35. The highest BCUT2D eigenvalue weighted by atomic mass is 35.5. The van der Waals surface area contributed by atoms with Crippen LogP contribution in [0, 0.1) is 19.3 Å². The molecule has 5 rings (SSSR count). The number of halogens is 1. The van der Waals surface area contributed by atoms with E-state index in [0.29, 0.717) is 15.9 Å². The molecule has 0 radical (unpaired) electrons. The summed E-state index contributed by atoms with van der Waals surface area (Å²) in [5, 5.41) is 16.5. The fourth-order valence-corrected chi connectivity index (χ4v) is 5.50. The molecular weight excluding hydrogens is 460 g/mol. The maximum atomic E-state index is 12.8. The second-order valence-electron chi connectivity index (χ2n) is 8.08. The SMILES string of the molecule is COc1ccc(-n2c(C)cc(/C=C3/C(=N)N4N=C(N5CCCC5)SC4=NC3=O)c2C)cc1Cl. The van der Waals surface area contributed by atoms with Crippen LogP contribution >= 0.6 is 23.4 Å². The van der Waals surface area contributed by atoms with E-state index in [4.69, 9.17) is 21.7 Å². The summed E-state index contributed by atoms with van der Waals surface area (Å²) in [7, 11) is 1.58. The van der Waals surface area contributed by atoms with Gasteiger partial charge in [-0.1, -0.05) is 11.6 Å². The Morgan fingerprint density at radius 1 is 1.18 bits per heavy atom. The molecular formula is C23H23ClN6O2S. The summed E-state index contributed by atoms with van der Waals surface area (Å²) in [6, 6.07) is 7.59. The summed E-state index contributed by atoms with van der Waals surface area (Å²) >= 11 is 7.69. The number of amidine groups is 3. The van der Waals surface area contributed by atoms with Gasteiger partial charge in [0.15, 0.2) is 11.0 Å². The van der Waals surface area contributed by atoms with Gasteiger partial charge >= 0.3 is 0 Å². The van der Waals surface area contributed by atoms with E-state index < -0.39 is 5.91 Å². The molecule has 1 fully saturated rings. The molecule has 10 heteroatoms. The molecule has 1 aromatic carbocycles. The predicted molar refractivity (Wildman–Crippen MR) is 133 cm³/mol. The van der Waals surface area contributed by atoms with Crippen molar-refractivity contribution in [3.8, 4) is 11.4 Å². The lowest BCUT2D eigenvalue weighted by molar-refractivity contribution is -0.114. The first-order valence-corrected chi connectivity index (χ1v) is 11.8. The molecule has 1 N–H and O–H groups in total. The Morgan fingerprint density at radius 3 is 2.64 bits per heavy atom. The Kier molecular flexibility index (Phi) is 5.54. The number of nitrogens with zero attached hydrogens (tertiary/aromatic N) is 5. The number of amides is 1. The van der Waals surface area contributed by atoms with Crippen LogP contribution in [0.4, 0.5) is 0 Å². The lowest BCUT2D eigenvalue weighted by atomic mass is 10.1. The number of likely N-dealkylation sites (tertiary alicyclic amines) is 1. The first-order chi connectivity index (χ1) is 15.9. The number of aryl methyl sites for hydroxylation is 1. The average molecular weight is 483 g/mol. The zero-order valence-corrected chi connectivity index (χ0v) is 20.1. The molecule has 1 amide bonds. The Labute approximate surface area is 201 Å². The van der Waals surface area contributed by atoms with Gasteiger partial charge in [-0.15, -0.1) is 5.10 Å². The van der Waals surface area contributed by atoms with Gasteiger partial charge in [0.1, 0.15) is 5.75 Å². The van der Waals surface area contributed by atoms with Crippen LogP contribution in [0.5, 0.6) is 5.75 Å². The number of carbonyl (C=O) groups is 1. The minimum absolute atomic E-state index is 0.0454. The zero-order chi connectivity index (χ0) is 23.3. The molecule has 1 saturated heterocycles. The monoisotopic (exact) mass is 482 g/mol. The number of carbonyl (C=O) groups excluding carboxylic acids is 1. The predicted octanol–water partition coefficient (Wildman–Crippen LogP) is 4.43. The van der Waals surface area contributed by atoms with Gasteiger partial charge < -0.3 is 14.2 Å². The van der Waals surface area contributed by atoms with Gasteiger partial charge in [-0.25, -0.2) is 0 Å². The zero-order valence-electron chi connectivity index (χ0n) is 18.6. The van der Waals surface area contributed by atoms with Crippen molar-refractivity contribution in [2.45, 2.75) is 26.7 Å². The molecule has 3 aliphatic heterocycles. The fraction of sp³-hybridized carbons (Fsp3) is 0.304. The van der Waals surface area contributed by atoms with Gasteiger partial charge in [0.2, 0.25) is 5.17 Å². The highest BCUT2D eigenvalue weighted by molar-refractivity contribution is 8.26. The first-order valence-electron chi connectivity index (χ1n) is 10.7. The summed E-state index contributed by atoms with van der Waals surface area (Å²) in [6.07, 6.45) is 3.98. The number of rotatable bonds is 3. The minimum atomic E-state index is -0.422. The number of ether oxygens (including phenoxy) is 1. The summed E-state index contributed by atoms with van der Waals surface area (Å²) in [4.78, 5) is 19.2. The van der Waals surface area contributed by atoms with Crippen LogP contribution in [-0.4, -0.2) is 56.8 Å². The fourth-order valence-electron chi connectivity index (χ4n) is 4.30. The number of fused-ring (bicyclic) bond motifs is 1. The molecule has 0 bridgehead atoms. The van der Waals surface area contributed by atoms with Gasteiger partial charge in [-0.3, -0.25) is 10.2 Å². The largest absolute Gasteiger partial charge is 0.495 e. The van der Waals surface area contributed by atoms with Crippen LogP contribution in [-0.2, 0) is 4.79 Å². The lowest BCUT2D eigenvalue weighted by Gasteiger charge is -2.20. The molecule has 2 aromatic rings. The number of hydrogen-bond donors (Lipinski definition) is 1. The number of thioether (sulfide) groups is 1. The van der Waals surface area contributed by atoms with Gasteiger partial charge in [0, 0.05) is 30.2 Å². The van der Waals surface area contributed by atoms with E-state index in [-0.39, 0.29) is 11.4 Å². The molecule has 1 aromatic heterocycles. The summed E-state index contributed by atoms with van der Waals surface area (Å²) < 4.78 is 7.31. The molecule has 0 saturated carbocycles. The van der Waals surface area contributed by atoms with Crippen molar-refractivity contribution in [1.29, 1.82) is 5.41 Å². The molecule has 0 aliphatic carbocycles. The van der Waals surface area contributed by atoms with Crippen molar-refractivity contribution in [3.63, 3.8) is 0 Å². The van der Waals surface area contributed by atoms with Crippen LogP contribution in [0.15, 0.2) is 39.9 Å². The summed E-state index contributed by atoms with van der Waals surface area (Å²) in [5.74, 6) is 0.232. The minimum Gasteiger partial charge on any atom is -0.495 e. The van der Waals surface area contributed by atoms with Gasteiger partial charge in [-0.2, -0.15) is 10.0 Å². The Hall–Kier alpha value is -3.04. The normalized spacial score (nSPS) is 19.3. The Morgan fingerprint density at radius 2 is 1.94 bits per heavy atom. The van der Waals surface area contributed by atoms with E-state index in [2.05, 4.69) is 19.6 Å². The van der Waals surface area contributed by atoms with Crippen molar-refractivity contribution >= 4 is 51.5 Å². The van der Waals surface area contributed by atoms with Gasteiger partial charge in [0.25, 0.3) is 5.91 Å². The van der Waals surface area contributed by atoms with Crippen LogP contribution < -0.4 is 4.74 Å². The molecule has 8 nitrogen and oxygen atoms in total. The average Bonchev–Trinajstić information content (AvgIpc) is 3.51. The maximum absolute atomic E-state index is 12.8. The number of methoxy groups -OCH3 is 1. The maximum Gasteiger partial charge on any atom is 0.283 e. The third kappa shape index (κ3) is 3.75. The quantitative estimate of drug-likeness (QED) is 0.654. The van der Waals surface area contributed by atoms with E-state index in [0.717, 1.165) is 53.7 Å². The van der Waals surface area contributed by atoms with E-state index >= 15 is 0 Å². The summed E-state index contributed by atoms with van der Waals surface area (Å²) in [5.41, 5.74) is 3.85. The number of hydrogen-bond acceptors (Lipinski definition) is 6. The number of benzene rings is 1. The van der Waals surface area contributed by atoms with E-state index in [1.54, 1.807) is 13.2 Å². The van der Waals surface area contributed by atoms with Gasteiger partial charge in [0.05, 0.1) is 17.7 Å². The molecule has 0 atom stereocenters. The molecule has 33 heavy (non-hydrogen) atoms. The first kappa shape index (κ1) is 21.8. The Balaban J connectivity index is 1.49. The van der Waals surface area contributed by atoms with Crippen LogP contribution in [0.1, 0.15) is 29.8 Å². The molecule has 4 heterocycles. The third-order valence-electron chi connectivity index (χ3n) is 5.98. The molecule has 0 unspecified atom stereocenters. The van der Waals surface area contributed by atoms with E-state index in [9.17, 15) is 4.79 Å². The van der Waals surface area contributed by atoms with E-state index in [1.165, 1.54) is 16.8 Å². The summed E-state index contributed by atoms with van der Waals surface area (Å²) in [6.45, 7) is 5.84. The molecule has 3 aliphatic rings. The number of aromatic nitrogens is 1. The number of hydrazone groups is 1. The van der Waals surface area contributed by atoms with Crippen LogP contribution in [0.2, 0.25) is 5.02 Å². The molecule has 170 valence electrons. The highest BCUT2D eigenvalue weighted by Gasteiger charge is 2.37. The van der Waals surface area contributed by atoms with Crippen molar-refractivity contribution < 1.29 is 9.53 Å². The van der Waals surface area contributed by atoms with Crippen molar-refractivity contribution in [1.82, 2.24) is 14.5 Å². The van der Waals surface area contributed by atoms with Crippen molar-refractivity contribution in [2.75, 3.05) is 20.2 Å². The topological polar surface area (TPSA) is 86.3 Å². The third-order valence-corrected chi connectivity index (χ3v) is 7.25. The number of aliphatic imine (C=N–C) groups is 1. The van der Waals surface area contributed by atoms with Crippen LogP contribution in [0.3, 0.4) is 0 Å². The van der Waals surface area contributed by atoms with E-state index in [1.807, 2.05) is 38.1 Å². The van der Waals surface area contributed by atoms with Crippen LogP contribution in [0.25, 0.3) is 11.8 Å². The second-order valence-corrected chi connectivity index (χ2v) is 9.42. The molecule has 0 spiro atoms. The van der Waals surface area contributed by atoms with Crippen molar-refractivity contribution in [2.24, 2.45) is 10.1 Å². The Bertz CT molecular complexity index is 1270. The van der Waals surface area contributed by atoms with Gasteiger partial charge in [-0.05, 0) is 74.4 Å². The second kappa shape index (κ2) is 8.39. The smallest absolute Gasteiger partial charge is 0.283 e. The van der Waals surface area contributed by atoms with Crippen molar-refractivity contribution in [3.05, 3.63) is 51.8 Å². The standard InChI is InChI=1S/C23H23ClN6O2S/c1-13-10-15(14(2)29(13)16-6-7-19(32-3)18(24)12-16)11-17-20(25)30-22(26-21(17)31)33-23(27-30)28-8-4-5-9-28/h6-7,10-12,25H,4-5,8-9H2,1-3H3/b17-11-,25-20?. The highest BCUT2D eigenvalue weighted by Crippen LogP contribution is 2.33.